The molecule has 7 heteroatoms. The Balaban J connectivity index is 1.62. The number of nitrogens with zero attached hydrogens (tertiary/aromatic N) is 3. The highest BCUT2D eigenvalue weighted by Crippen LogP contribution is 2.27. The first kappa shape index (κ1) is 21.1. The van der Waals surface area contributed by atoms with Crippen LogP contribution in [-0.4, -0.2) is 35.7 Å². The van der Waals surface area contributed by atoms with E-state index in [0.29, 0.717) is 29.8 Å². The van der Waals surface area contributed by atoms with E-state index in [1.807, 2.05) is 80.6 Å². The lowest BCUT2D eigenvalue weighted by Gasteiger charge is -2.09. The standard InChI is InChI=1S/C25H25N5O2/c1-4-32-22-14-11-18(15-23(22)31-3)16-26-30-25(27-19-12-9-17(2)10-13-19)24-28-20-7-5-6-8-21(20)29-24/h5-16H,4H2,1-3H3,(H,27,30)(H,28,29). The fraction of sp³-hybridized carbons (Fsp3) is 0.160. The number of nitrogens with one attached hydrogen (secondary N) is 2. The summed E-state index contributed by atoms with van der Waals surface area (Å²) in [5, 5.41) is 4.39. The summed E-state index contributed by atoms with van der Waals surface area (Å²) >= 11 is 0. The fourth-order valence-electron chi connectivity index (χ4n) is 3.15. The first-order chi connectivity index (χ1) is 15.7. The van der Waals surface area contributed by atoms with Gasteiger partial charge < -0.3 is 14.5 Å². The minimum absolute atomic E-state index is 0.513. The predicted molar refractivity (Wildman–Crippen MR) is 128 cm³/mol. The van der Waals surface area contributed by atoms with Gasteiger partial charge in [-0.05, 0) is 61.9 Å². The molecule has 1 aromatic heterocycles. The zero-order valence-corrected chi connectivity index (χ0v) is 18.3. The number of aromatic amines is 1. The summed E-state index contributed by atoms with van der Waals surface area (Å²) in [6.07, 6.45) is 1.70. The number of fused-ring (bicyclic) bond motifs is 1. The number of para-hydroxylation sites is 2. The number of aromatic nitrogens is 2. The lowest BCUT2D eigenvalue weighted by atomic mass is 10.2. The molecule has 4 aromatic rings. The van der Waals surface area contributed by atoms with Crippen molar-refractivity contribution in [3.63, 3.8) is 0 Å². The predicted octanol–water partition coefficient (Wildman–Crippen LogP) is 4.98. The molecular formula is C25H25N5O2. The SMILES string of the molecule is CCOc1ccc(C=NNC(=Nc2ccc(C)cc2)c2nc3ccccc3[nH]2)cc1OC. The van der Waals surface area contributed by atoms with Crippen molar-refractivity contribution in [3.8, 4) is 11.5 Å². The Morgan fingerprint density at radius 1 is 1.06 bits per heavy atom. The molecule has 1 heterocycles. The van der Waals surface area contributed by atoms with Crippen LogP contribution >= 0.6 is 0 Å². The van der Waals surface area contributed by atoms with E-state index in [-0.39, 0.29) is 0 Å². The number of hydrogen-bond donors (Lipinski definition) is 2. The second kappa shape index (κ2) is 9.78. The lowest BCUT2D eigenvalue weighted by molar-refractivity contribution is 0.311. The molecule has 0 aliphatic carbocycles. The van der Waals surface area contributed by atoms with E-state index in [9.17, 15) is 0 Å². The van der Waals surface area contributed by atoms with Crippen molar-refractivity contribution in [2.24, 2.45) is 10.1 Å². The Morgan fingerprint density at radius 3 is 2.62 bits per heavy atom. The van der Waals surface area contributed by atoms with Gasteiger partial charge in [0, 0.05) is 0 Å². The molecule has 32 heavy (non-hydrogen) atoms. The molecule has 0 spiro atoms. The summed E-state index contributed by atoms with van der Waals surface area (Å²) < 4.78 is 11.0. The molecule has 0 aliphatic heterocycles. The van der Waals surface area contributed by atoms with Crippen molar-refractivity contribution < 1.29 is 9.47 Å². The molecule has 0 aliphatic rings. The van der Waals surface area contributed by atoms with Crippen molar-refractivity contribution in [2.45, 2.75) is 13.8 Å². The molecule has 2 N–H and O–H groups in total. The number of imidazole rings is 1. The summed E-state index contributed by atoms with van der Waals surface area (Å²) in [6, 6.07) is 21.4. The minimum Gasteiger partial charge on any atom is -0.493 e. The molecule has 0 amide bonds. The monoisotopic (exact) mass is 427 g/mol. The van der Waals surface area contributed by atoms with Crippen LogP contribution in [0.25, 0.3) is 11.0 Å². The van der Waals surface area contributed by atoms with E-state index < -0.39 is 0 Å². The first-order valence-corrected chi connectivity index (χ1v) is 10.4. The van der Waals surface area contributed by atoms with Crippen LogP contribution in [0, 0.1) is 6.92 Å². The fourth-order valence-corrected chi connectivity index (χ4v) is 3.15. The highest BCUT2D eigenvalue weighted by molar-refractivity contribution is 6.00. The number of aliphatic imine (C=N–C) groups is 1. The van der Waals surface area contributed by atoms with Gasteiger partial charge in [-0.1, -0.05) is 29.8 Å². The van der Waals surface area contributed by atoms with Crippen molar-refractivity contribution >= 4 is 28.8 Å². The number of amidine groups is 1. The number of methoxy groups -OCH3 is 1. The van der Waals surface area contributed by atoms with Crippen LogP contribution in [-0.2, 0) is 0 Å². The Labute approximate surface area is 186 Å². The van der Waals surface area contributed by atoms with E-state index in [2.05, 4.69) is 20.5 Å². The highest BCUT2D eigenvalue weighted by atomic mass is 16.5. The van der Waals surface area contributed by atoms with E-state index in [0.717, 1.165) is 22.3 Å². The Bertz CT molecular complexity index is 1230. The molecule has 0 saturated heterocycles. The van der Waals surface area contributed by atoms with Gasteiger partial charge in [0.05, 0.1) is 36.7 Å². The second-order valence-electron chi connectivity index (χ2n) is 7.11. The second-order valence-corrected chi connectivity index (χ2v) is 7.11. The Hall–Kier alpha value is -4.13. The molecule has 0 radical (unpaired) electrons. The average molecular weight is 428 g/mol. The third-order valence-electron chi connectivity index (χ3n) is 4.76. The Morgan fingerprint density at radius 2 is 1.88 bits per heavy atom. The smallest absolute Gasteiger partial charge is 0.190 e. The maximum Gasteiger partial charge on any atom is 0.190 e. The van der Waals surface area contributed by atoms with Crippen LogP contribution in [0.5, 0.6) is 11.5 Å². The quantitative estimate of drug-likeness (QED) is 0.247. The molecule has 0 saturated carbocycles. The summed E-state index contributed by atoms with van der Waals surface area (Å²) in [6.45, 7) is 4.55. The number of hydrazone groups is 1. The molecule has 3 aromatic carbocycles. The third kappa shape index (κ3) is 4.95. The third-order valence-corrected chi connectivity index (χ3v) is 4.76. The normalized spacial score (nSPS) is 11.8. The average Bonchev–Trinajstić information content (AvgIpc) is 3.25. The van der Waals surface area contributed by atoms with Crippen molar-refractivity contribution in [2.75, 3.05) is 13.7 Å². The summed E-state index contributed by atoms with van der Waals surface area (Å²) in [7, 11) is 1.62. The van der Waals surface area contributed by atoms with Gasteiger partial charge in [0.15, 0.2) is 23.2 Å². The summed E-state index contributed by atoms with van der Waals surface area (Å²) in [5.74, 6) is 2.47. The molecule has 7 nitrogen and oxygen atoms in total. The Kier molecular flexibility index (Phi) is 6.46. The van der Waals surface area contributed by atoms with Crippen LogP contribution in [0.4, 0.5) is 5.69 Å². The highest BCUT2D eigenvalue weighted by Gasteiger charge is 2.10. The number of aryl methyl sites for hydroxylation is 1. The van der Waals surface area contributed by atoms with E-state index in [1.165, 1.54) is 5.56 Å². The first-order valence-electron chi connectivity index (χ1n) is 10.4. The van der Waals surface area contributed by atoms with E-state index in [1.54, 1.807) is 13.3 Å². The number of rotatable bonds is 7. The molecule has 0 unspecified atom stereocenters. The number of H-pyrrole nitrogens is 1. The number of benzene rings is 3. The van der Waals surface area contributed by atoms with Gasteiger partial charge in [-0.3, -0.25) is 5.43 Å². The van der Waals surface area contributed by atoms with E-state index >= 15 is 0 Å². The summed E-state index contributed by atoms with van der Waals surface area (Å²) in [4.78, 5) is 12.7. The van der Waals surface area contributed by atoms with Crippen LogP contribution < -0.4 is 14.9 Å². The number of ether oxygens (including phenoxy) is 2. The van der Waals surface area contributed by atoms with Gasteiger partial charge in [0.2, 0.25) is 0 Å². The number of hydrogen-bond acceptors (Lipinski definition) is 5. The minimum atomic E-state index is 0.513. The van der Waals surface area contributed by atoms with Crippen LogP contribution in [0.2, 0.25) is 0 Å². The zero-order valence-electron chi connectivity index (χ0n) is 18.3. The zero-order chi connectivity index (χ0) is 22.3. The summed E-state index contributed by atoms with van der Waals surface area (Å²) in [5.41, 5.74) is 7.66. The van der Waals surface area contributed by atoms with Crippen molar-refractivity contribution in [1.29, 1.82) is 0 Å². The van der Waals surface area contributed by atoms with Crippen LogP contribution in [0.1, 0.15) is 23.9 Å². The van der Waals surface area contributed by atoms with Crippen LogP contribution in [0.15, 0.2) is 76.8 Å². The molecule has 0 fully saturated rings. The molecule has 4 rings (SSSR count). The molecule has 162 valence electrons. The van der Waals surface area contributed by atoms with Gasteiger partial charge >= 0.3 is 0 Å². The van der Waals surface area contributed by atoms with Gasteiger partial charge in [-0.25, -0.2) is 9.98 Å². The topological polar surface area (TPSA) is 83.9 Å². The molecule has 0 atom stereocenters. The molecular weight excluding hydrogens is 402 g/mol. The van der Waals surface area contributed by atoms with Crippen molar-refractivity contribution in [3.05, 3.63) is 83.7 Å². The molecule has 0 bridgehead atoms. The maximum absolute atomic E-state index is 5.57. The van der Waals surface area contributed by atoms with Crippen molar-refractivity contribution in [1.82, 2.24) is 15.4 Å². The van der Waals surface area contributed by atoms with E-state index in [4.69, 9.17) is 14.5 Å². The largest absolute Gasteiger partial charge is 0.493 e. The van der Waals surface area contributed by atoms with Gasteiger partial charge in [0.25, 0.3) is 0 Å². The van der Waals surface area contributed by atoms with Crippen LogP contribution in [0.3, 0.4) is 0 Å². The van der Waals surface area contributed by atoms with Gasteiger partial charge in [-0.15, -0.1) is 0 Å². The maximum atomic E-state index is 5.57. The lowest BCUT2D eigenvalue weighted by Crippen LogP contribution is -2.20. The van der Waals surface area contributed by atoms with Gasteiger partial charge in [-0.2, -0.15) is 5.10 Å². The van der Waals surface area contributed by atoms with Gasteiger partial charge in [0.1, 0.15) is 0 Å².